The SMILES string of the molecule is CC(=O)Cc1ccc(-c2csc(N3CCC(C(N)=O)CC3)n2)cc1. The average molecular weight is 343 g/mol. The Morgan fingerprint density at radius 2 is 1.92 bits per heavy atom. The highest BCUT2D eigenvalue weighted by molar-refractivity contribution is 7.14. The molecule has 0 radical (unpaired) electrons. The van der Waals surface area contributed by atoms with Crippen LogP contribution in [0.25, 0.3) is 11.3 Å². The molecule has 1 fully saturated rings. The van der Waals surface area contributed by atoms with Crippen LogP contribution in [0, 0.1) is 5.92 Å². The van der Waals surface area contributed by atoms with E-state index in [0.29, 0.717) is 6.42 Å². The normalized spacial score (nSPS) is 15.5. The van der Waals surface area contributed by atoms with E-state index in [1.165, 1.54) is 0 Å². The zero-order valence-electron chi connectivity index (χ0n) is 13.7. The number of nitrogens with two attached hydrogens (primary N) is 1. The van der Waals surface area contributed by atoms with Crippen LogP contribution in [0.15, 0.2) is 29.6 Å². The van der Waals surface area contributed by atoms with Gasteiger partial charge in [-0.3, -0.25) is 9.59 Å². The molecule has 0 bridgehead atoms. The summed E-state index contributed by atoms with van der Waals surface area (Å²) in [5.74, 6) is -0.0345. The van der Waals surface area contributed by atoms with Crippen molar-refractivity contribution in [3.8, 4) is 11.3 Å². The lowest BCUT2D eigenvalue weighted by atomic mass is 9.97. The standard InChI is InChI=1S/C18H21N3O2S/c1-12(22)10-13-2-4-14(5-3-13)16-11-24-18(20-16)21-8-6-15(7-9-21)17(19)23/h2-5,11,15H,6-10H2,1H3,(H2,19,23). The molecule has 126 valence electrons. The van der Waals surface area contributed by atoms with E-state index in [2.05, 4.69) is 10.3 Å². The molecule has 3 rings (SSSR count). The molecule has 2 heterocycles. The molecule has 2 aromatic rings. The van der Waals surface area contributed by atoms with E-state index < -0.39 is 0 Å². The van der Waals surface area contributed by atoms with E-state index in [4.69, 9.17) is 10.7 Å². The van der Waals surface area contributed by atoms with Crippen molar-refractivity contribution in [1.82, 2.24) is 4.98 Å². The number of ketones is 1. The van der Waals surface area contributed by atoms with Gasteiger partial charge in [-0.25, -0.2) is 4.98 Å². The molecule has 6 heteroatoms. The van der Waals surface area contributed by atoms with Gasteiger partial charge in [0.1, 0.15) is 5.78 Å². The summed E-state index contributed by atoms with van der Waals surface area (Å²) in [6, 6.07) is 7.98. The Morgan fingerprint density at radius 3 is 2.50 bits per heavy atom. The maximum Gasteiger partial charge on any atom is 0.220 e. The maximum atomic E-state index is 11.3. The fourth-order valence-corrected chi connectivity index (χ4v) is 3.87. The van der Waals surface area contributed by atoms with Crippen LogP contribution in [0.4, 0.5) is 5.13 Å². The predicted octanol–water partition coefficient (Wildman–Crippen LogP) is 2.64. The third kappa shape index (κ3) is 3.82. The van der Waals surface area contributed by atoms with Crippen LogP contribution in [0.1, 0.15) is 25.3 Å². The number of aromatic nitrogens is 1. The lowest BCUT2D eigenvalue weighted by molar-refractivity contribution is -0.122. The Morgan fingerprint density at radius 1 is 1.25 bits per heavy atom. The molecule has 0 aliphatic carbocycles. The third-order valence-electron chi connectivity index (χ3n) is 4.36. The fraction of sp³-hybridized carbons (Fsp3) is 0.389. The Hall–Kier alpha value is -2.21. The van der Waals surface area contributed by atoms with Gasteiger partial charge in [0.25, 0.3) is 0 Å². The van der Waals surface area contributed by atoms with Crippen LogP contribution < -0.4 is 10.6 Å². The number of anilines is 1. The number of Topliss-reactive ketones (excluding diaryl/α,β-unsaturated/α-hetero) is 1. The van der Waals surface area contributed by atoms with Crippen LogP contribution >= 0.6 is 11.3 Å². The minimum absolute atomic E-state index is 0.00509. The topological polar surface area (TPSA) is 76.3 Å². The zero-order chi connectivity index (χ0) is 17.1. The third-order valence-corrected chi connectivity index (χ3v) is 5.26. The van der Waals surface area contributed by atoms with Gasteiger partial charge in [0.15, 0.2) is 5.13 Å². The molecule has 1 saturated heterocycles. The predicted molar refractivity (Wildman–Crippen MR) is 96.1 cm³/mol. The van der Waals surface area contributed by atoms with Crippen molar-refractivity contribution in [2.24, 2.45) is 11.7 Å². The number of hydrogen-bond acceptors (Lipinski definition) is 5. The molecule has 2 N–H and O–H groups in total. The smallest absolute Gasteiger partial charge is 0.220 e. The summed E-state index contributed by atoms with van der Waals surface area (Å²) < 4.78 is 0. The molecule has 1 aliphatic rings. The lowest BCUT2D eigenvalue weighted by Gasteiger charge is -2.30. The molecule has 1 amide bonds. The second kappa shape index (κ2) is 7.13. The second-order valence-electron chi connectivity index (χ2n) is 6.25. The quantitative estimate of drug-likeness (QED) is 0.905. The average Bonchev–Trinajstić information content (AvgIpc) is 3.05. The van der Waals surface area contributed by atoms with Crippen molar-refractivity contribution in [2.75, 3.05) is 18.0 Å². The van der Waals surface area contributed by atoms with Crippen LogP contribution in [0.2, 0.25) is 0 Å². The largest absolute Gasteiger partial charge is 0.369 e. The molecule has 1 aromatic heterocycles. The van der Waals surface area contributed by atoms with Gasteiger partial charge in [-0.1, -0.05) is 24.3 Å². The van der Waals surface area contributed by atoms with Crippen molar-refractivity contribution in [1.29, 1.82) is 0 Å². The first-order chi connectivity index (χ1) is 11.5. The number of piperidine rings is 1. The van der Waals surface area contributed by atoms with E-state index in [1.54, 1.807) is 18.3 Å². The van der Waals surface area contributed by atoms with Gasteiger partial charge in [-0.2, -0.15) is 0 Å². The Balaban J connectivity index is 1.67. The van der Waals surface area contributed by atoms with Gasteiger partial charge >= 0.3 is 0 Å². The highest BCUT2D eigenvalue weighted by Gasteiger charge is 2.24. The van der Waals surface area contributed by atoms with E-state index in [9.17, 15) is 9.59 Å². The number of hydrogen-bond donors (Lipinski definition) is 1. The summed E-state index contributed by atoms with van der Waals surface area (Å²) in [6.07, 6.45) is 2.06. The first kappa shape index (κ1) is 16.6. The number of benzene rings is 1. The molecular weight excluding hydrogens is 322 g/mol. The van der Waals surface area contributed by atoms with Crippen LogP contribution in [-0.2, 0) is 16.0 Å². The number of rotatable bonds is 5. The van der Waals surface area contributed by atoms with Crippen molar-refractivity contribution in [2.45, 2.75) is 26.2 Å². The van der Waals surface area contributed by atoms with Gasteiger partial charge in [-0.05, 0) is 25.3 Å². The molecule has 1 aromatic carbocycles. The first-order valence-corrected chi connectivity index (χ1v) is 8.99. The molecule has 0 spiro atoms. The molecule has 0 atom stereocenters. The van der Waals surface area contributed by atoms with Gasteiger partial charge in [-0.15, -0.1) is 11.3 Å². The monoisotopic (exact) mass is 343 g/mol. The minimum Gasteiger partial charge on any atom is -0.369 e. The summed E-state index contributed by atoms with van der Waals surface area (Å²) >= 11 is 1.62. The lowest BCUT2D eigenvalue weighted by Crippen LogP contribution is -2.38. The summed E-state index contributed by atoms with van der Waals surface area (Å²) in [7, 11) is 0. The van der Waals surface area contributed by atoms with E-state index in [0.717, 1.165) is 47.9 Å². The number of carbonyl (C=O) groups is 2. The van der Waals surface area contributed by atoms with Gasteiger partial charge < -0.3 is 10.6 Å². The highest BCUT2D eigenvalue weighted by atomic mass is 32.1. The maximum absolute atomic E-state index is 11.3. The number of carbonyl (C=O) groups excluding carboxylic acids is 2. The first-order valence-electron chi connectivity index (χ1n) is 8.11. The molecule has 1 aliphatic heterocycles. The van der Waals surface area contributed by atoms with E-state index >= 15 is 0 Å². The van der Waals surface area contributed by atoms with E-state index in [1.807, 2.05) is 24.3 Å². The minimum atomic E-state index is -0.194. The van der Waals surface area contributed by atoms with Crippen molar-refractivity contribution in [3.63, 3.8) is 0 Å². The fourth-order valence-electron chi connectivity index (χ4n) is 2.98. The van der Waals surface area contributed by atoms with Gasteiger partial charge in [0, 0.05) is 36.4 Å². The van der Waals surface area contributed by atoms with Crippen LogP contribution in [-0.4, -0.2) is 29.8 Å². The van der Waals surface area contributed by atoms with Gasteiger partial charge in [0.05, 0.1) is 5.69 Å². The summed E-state index contributed by atoms with van der Waals surface area (Å²) in [5, 5.41) is 3.04. The molecular formula is C18H21N3O2S. The Labute approximate surface area is 145 Å². The summed E-state index contributed by atoms with van der Waals surface area (Å²) in [4.78, 5) is 29.4. The molecule has 24 heavy (non-hydrogen) atoms. The van der Waals surface area contributed by atoms with Crippen LogP contribution in [0.3, 0.4) is 0 Å². The van der Waals surface area contributed by atoms with Crippen molar-refractivity contribution in [3.05, 3.63) is 35.2 Å². The highest BCUT2D eigenvalue weighted by Crippen LogP contribution is 2.30. The van der Waals surface area contributed by atoms with E-state index in [-0.39, 0.29) is 17.6 Å². The summed E-state index contributed by atoms with van der Waals surface area (Å²) in [5.41, 5.74) is 8.40. The Bertz CT molecular complexity index is 731. The zero-order valence-corrected chi connectivity index (χ0v) is 14.5. The molecule has 0 unspecified atom stereocenters. The van der Waals surface area contributed by atoms with Crippen molar-refractivity contribution < 1.29 is 9.59 Å². The summed E-state index contributed by atoms with van der Waals surface area (Å²) in [6.45, 7) is 3.23. The number of nitrogens with zero attached hydrogens (tertiary/aromatic N) is 2. The van der Waals surface area contributed by atoms with Crippen LogP contribution in [0.5, 0.6) is 0 Å². The second-order valence-corrected chi connectivity index (χ2v) is 7.09. The number of thiazole rings is 1. The Kier molecular flexibility index (Phi) is 4.94. The van der Waals surface area contributed by atoms with Gasteiger partial charge in [0.2, 0.25) is 5.91 Å². The number of amides is 1. The molecule has 5 nitrogen and oxygen atoms in total. The molecule has 0 saturated carbocycles. The number of primary amides is 1. The van der Waals surface area contributed by atoms with Crippen molar-refractivity contribution >= 4 is 28.2 Å².